The average Bonchev–Trinajstić information content (AvgIpc) is 3.54. The Balaban J connectivity index is 1.47. The van der Waals surface area contributed by atoms with Crippen LogP contribution >= 0.6 is 0 Å². The monoisotopic (exact) mass is 535 g/mol. The molecule has 39 heavy (non-hydrogen) atoms. The maximum atomic E-state index is 13.6. The quantitative estimate of drug-likeness (QED) is 0.609. The van der Waals surface area contributed by atoms with Crippen molar-refractivity contribution in [2.75, 3.05) is 19.6 Å². The summed E-state index contributed by atoms with van der Waals surface area (Å²) in [6, 6.07) is 8.37. The smallest absolute Gasteiger partial charge is 0.245 e. The number of carbonyl (C=O) groups excluding carboxylic acids is 4. The highest BCUT2D eigenvalue weighted by molar-refractivity contribution is 5.91. The van der Waals surface area contributed by atoms with Crippen LogP contribution in [0.1, 0.15) is 68.2 Å². The Morgan fingerprint density at radius 3 is 2.54 bits per heavy atom. The maximum Gasteiger partial charge on any atom is 0.245 e. The summed E-state index contributed by atoms with van der Waals surface area (Å²) in [7, 11) is 0. The number of aryl methyl sites for hydroxylation is 1. The van der Waals surface area contributed by atoms with E-state index in [0.717, 1.165) is 18.4 Å². The fourth-order valence-electron chi connectivity index (χ4n) is 5.85. The molecular weight excluding hydrogens is 498 g/mol. The minimum absolute atomic E-state index is 0.0629. The summed E-state index contributed by atoms with van der Waals surface area (Å²) in [4.78, 5) is 60.2. The van der Waals surface area contributed by atoms with Gasteiger partial charge < -0.3 is 20.4 Å². The number of carbonyl (C=O) groups is 4. The van der Waals surface area contributed by atoms with E-state index in [1.165, 1.54) is 0 Å². The molecule has 0 spiro atoms. The van der Waals surface area contributed by atoms with Crippen molar-refractivity contribution >= 4 is 23.6 Å². The molecule has 0 radical (unpaired) electrons. The average molecular weight is 536 g/mol. The van der Waals surface area contributed by atoms with Crippen molar-refractivity contribution in [1.29, 1.82) is 0 Å². The Kier molecular flexibility index (Phi) is 8.23. The molecule has 1 aromatic heterocycles. The van der Waals surface area contributed by atoms with Crippen LogP contribution in [0.5, 0.6) is 0 Å². The summed E-state index contributed by atoms with van der Waals surface area (Å²) in [6.07, 6.45) is 4.43. The molecule has 1 aromatic carbocycles. The molecule has 2 N–H and O–H groups in total. The van der Waals surface area contributed by atoms with E-state index in [2.05, 4.69) is 15.7 Å². The number of hydrogen-bond donors (Lipinski definition) is 2. The van der Waals surface area contributed by atoms with Crippen LogP contribution in [0.25, 0.3) is 0 Å². The maximum absolute atomic E-state index is 13.6. The fourth-order valence-corrected chi connectivity index (χ4v) is 5.85. The zero-order chi connectivity index (χ0) is 27.4. The lowest BCUT2D eigenvalue weighted by atomic mass is 9.99. The first-order valence-electron chi connectivity index (χ1n) is 14.0. The van der Waals surface area contributed by atoms with Crippen LogP contribution < -0.4 is 10.6 Å². The zero-order valence-corrected chi connectivity index (χ0v) is 22.5. The van der Waals surface area contributed by atoms with Crippen LogP contribution in [0.2, 0.25) is 0 Å². The largest absolute Gasteiger partial charge is 0.344 e. The molecule has 0 saturated carbocycles. The van der Waals surface area contributed by atoms with Crippen molar-refractivity contribution in [2.45, 2.75) is 83.0 Å². The van der Waals surface area contributed by atoms with Crippen LogP contribution in [0.4, 0.5) is 0 Å². The van der Waals surface area contributed by atoms with Gasteiger partial charge in [-0.15, -0.1) is 0 Å². The SMILES string of the molecule is Cc1nc2n(n1)CCN(C(=O)[C@@H]1CCC(=O)N1)CCCC(=O)N1CCCC[C@H]1C(=O)N[C@@H]2Cc1ccccc1. The van der Waals surface area contributed by atoms with Gasteiger partial charge in [0.15, 0.2) is 0 Å². The summed E-state index contributed by atoms with van der Waals surface area (Å²) >= 11 is 0. The molecule has 11 heteroatoms. The van der Waals surface area contributed by atoms with E-state index in [1.54, 1.807) is 14.5 Å². The highest BCUT2D eigenvalue weighted by atomic mass is 16.2. The molecule has 208 valence electrons. The van der Waals surface area contributed by atoms with Gasteiger partial charge in [-0.05, 0) is 51.0 Å². The predicted octanol–water partition coefficient (Wildman–Crippen LogP) is 1.27. The second kappa shape index (κ2) is 12.0. The lowest BCUT2D eigenvalue weighted by Gasteiger charge is -2.36. The molecule has 3 atom stereocenters. The molecule has 3 aliphatic rings. The third-order valence-electron chi connectivity index (χ3n) is 7.85. The Bertz CT molecular complexity index is 1210. The van der Waals surface area contributed by atoms with E-state index < -0.39 is 18.1 Å². The summed E-state index contributed by atoms with van der Waals surface area (Å²) in [5.74, 6) is 0.724. The lowest BCUT2D eigenvalue weighted by molar-refractivity contribution is -0.143. The van der Waals surface area contributed by atoms with E-state index in [-0.39, 0.29) is 30.0 Å². The van der Waals surface area contributed by atoms with Gasteiger partial charge in [-0.25, -0.2) is 9.67 Å². The molecule has 0 aliphatic carbocycles. The molecule has 2 saturated heterocycles. The molecule has 0 unspecified atom stereocenters. The summed E-state index contributed by atoms with van der Waals surface area (Å²) in [5.41, 5.74) is 1.04. The number of nitrogens with one attached hydrogen (secondary N) is 2. The summed E-state index contributed by atoms with van der Waals surface area (Å²) in [6.45, 7) is 3.49. The van der Waals surface area contributed by atoms with Crippen molar-refractivity contribution in [2.24, 2.45) is 0 Å². The van der Waals surface area contributed by atoms with E-state index >= 15 is 0 Å². The number of hydrogen-bond acceptors (Lipinski definition) is 6. The van der Waals surface area contributed by atoms with Crippen molar-refractivity contribution < 1.29 is 19.2 Å². The number of amides is 4. The Morgan fingerprint density at radius 1 is 0.949 bits per heavy atom. The Labute approximate surface area is 228 Å². The molecule has 3 aliphatic heterocycles. The van der Waals surface area contributed by atoms with E-state index in [9.17, 15) is 19.2 Å². The van der Waals surface area contributed by atoms with Crippen molar-refractivity contribution in [3.05, 3.63) is 47.5 Å². The number of piperidine rings is 1. The molecular formula is C28H37N7O4. The Morgan fingerprint density at radius 2 is 1.77 bits per heavy atom. The number of nitrogens with zero attached hydrogens (tertiary/aromatic N) is 5. The fraction of sp³-hybridized carbons (Fsp3) is 0.571. The molecule has 11 nitrogen and oxygen atoms in total. The normalized spacial score (nSPS) is 24.8. The first-order valence-corrected chi connectivity index (χ1v) is 14.0. The minimum Gasteiger partial charge on any atom is -0.344 e. The van der Waals surface area contributed by atoms with Gasteiger partial charge >= 0.3 is 0 Å². The second-order valence-corrected chi connectivity index (χ2v) is 10.7. The van der Waals surface area contributed by atoms with Crippen LogP contribution in [0, 0.1) is 6.92 Å². The standard InChI is InChI=1S/C28H37N7O4/c1-19-29-26-22(18-20-8-3-2-4-9-20)31-27(38)23-10-5-6-15-34(23)25(37)11-7-14-33(16-17-35(26)32-19)28(39)21-12-13-24(36)30-21/h2-4,8-9,21-23H,5-7,10-18H2,1H3,(H,30,36)(H,31,38)/t21-,22+,23-/m0/s1. The minimum atomic E-state index is -0.541. The first-order chi connectivity index (χ1) is 18.9. The van der Waals surface area contributed by atoms with E-state index in [4.69, 9.17) is 4.98 Å². The summed E-state index contributed by atoms with van der Waals surface area (Å²) < 4.78 is 1.78. The predicted molar refractivity (Wildman–Crippen MR) is 142 cm³/mol. The van der Waals surface area contributed by atoms with Crippen molar-refractivity contribution in [3.8, 4) is 0 Å². The number of fused-ring (bicyclic) bond motifs is 2. The van der Waals surface area contributed by atoms with Crippen LogP contribution in [0.15, 0.2) is 30.3 Å². The van der Waals surface area contributed by atoms with Gasteiger partial charge in [-0.2, -0.15) is 5.10 Å². The van der Waals surface area contributed by atoms with Crippen molar-refractivity contribution in [3.63, 3.8) is 0 Å². The van der Waals surface area contributed by atoms with Crippen LogP contribution in [-0.2, 0) is 32.1 Å². The van der Waals surface area contributed by atoms with Gasteiger partial charge in [0.25, 0.3) is 0 Å². The molecule has 4 amide bonds. The first kappa shape index (κ1) is 26.8. The summed E-state index contributed by atoms with van der Waals surface area (Å²) in [5, 5.41) is 10.6. The van der Waals surface area contributed by atoms with Gasteiger partial charge in [0.2, 0.25) is 23.6 Å². The molecule has 4 heterocycles. The van der Waals surface area contributed by atoms with Crippen LogP contribution in [-0.4, -0.2) is 79.9 Å². The topological polar surface area (TPSA) is 130 Å². The third-order valence-corrected chi connectivity index (χ3v) is 7.85. The highest BCUT2D eigenvalue weighted by Gasteiger charge is 2.35. The highest BCUT2D eigenvalue weighted by Crippen LogP contribution is 2.23. The Hall–Kier alpha value is -3.76. The van der Waals surface area contributed by atoms with Gasteiger partial charge in [0.1, 0.15) is 23.7 Å². The van der Waals surface area contributed by atoms with Gasteiger partial charge in [0, 0.05) is 32.5 Å². The lowest BCUT2D eigenvalue weighted by Crippen LogP contribution is -2.53. The van der Waals surface area contributed by atoms with Gasteiger partial charge in [0.05, 0.1) is 12.6 Å². The van der Waals surface area contributed by atoms with Crippen LogP contribution in [0.3, 0.4) is 0 Å². The van der Waals surface area contributed by atoms with Gasteiger partial charge in [-0.3, -0.25) is 19.2 Å². The number of benzene rings is 1. The molecule has 2 fully saturated rings. The van der Waals surface area contributed by atoms with Gasteiger partial charge in [-0.1, -0.05) is 30.3 Å². The van der Waals surface area contributed by atoms with Crippen molar-refractivity contribution in [1.82, 2.24) is 35.2 Å². The van der Waals surface area contributed by atoms with E-state index in [1.807, 2.05) is 37.3 Å². The number of rotatable bonds is 3. The second-order valence-electron chi connectivity index (χ2n) is 10.7. The zero-order valence-electron chi connectivity index (χ0n) is 22.5. The number of aromatic nitrogens is 3. The molecule has 5 rings (SSSR count). The molecule has 2 aromatic rings. The molecule has 0 bridgehead atoms. The van der Waals surface area contributed by atoms with E-state index in [0.29, 0.717) is 69.9 Å². The third kappa shape index (κ3) is 6.29.